The molecule has 27 heavy (non-hydrogen) atoms. The predicted molar refractivity (Wildman–Crippen MR) is 99.1 cm³/mol. The second-order valence-electron chi connectivity index (χ2n) is 6.13. The summed E-state index contributed by atoms with van der Waals surface area (Å²) in [4.78, 5) is 14.1. The summed E-state index contributed by atoms with van der Waals surface area (Å²) in [7, 11) is 0.0954. The maximum atomic E-state index is 13.6. The van der Waals surface area contributed by atoms with E-state index in [0.717, 1.165) is 18.7 Å². The third kappa shape index (κ3) is 5.81. The largest absolute Gasteiger partial charge is 0.317 e. The summed E-state index contributed by atoms with van der Waals surface area (Å²) in [6, 6.07) is 8.32. The first kappa shape index (κ1) is 20.9. The maximum Gasteiger partial charge on any atom is 0.255 e. The van der Waals surface area contributed by atoms with Crippen molar-refractivity contribution in [3.63, 3.8) is 0 Å². The topological polar surface area (TPSA) is 78.5 Å². The Hall–Kier alpha value is -2.36. The molecule has 0 atom stereocenters. The highest BCUT2D eigenvalue weighted by Crippen LogP contribution is 2.19. The quantitative estimate of drug-likeness (QED) is 0.671. The van der Waals surface area contributed by atoms with E-state index in [1.54, 1.807) is 0 Å². The van der Waals surface area contributed by atoms with Gasteiger partial charge in [0, 0.05) is 12.1 Å². The van der Waals surface area contributed by atoms with Gasteiger partial charge in [0.15, 0.2) is 0 Å². The van der Waals surface area contributed by atoms with Gasteiger partial charge in [-0.25, -0.2) is 21.9 Å². The van der Waals surface area contributed by atoms with Crippen molar-refractivity contribution in [2.75, 3.05) is 32.5 Å². The van der Waals surface area contributed by atoms with E-state index in [1.165, 1.54) is 30.3 Å². The van der Waals surface area contributed by atoms with Crippen molar-refractivity contribution in [2.45, 2.75) is 11.3 Å². The van der Waals surface area contributed by atoms with Crippen LogP contribution in [0, 0.1) is 11.6 Å². The summed E-state index contributed by atoms with van der Waals surface area (Å²) in [6.07, 6.45) is 0.654. The van der Waals surface area contributed by atoms with Gasteiger partial charge in [0.2, 0.25) is 10.0 Å². The van der Waals surface area contributed by atoms with Gasteiger partial charge in [0.05, 0.1) is 4.90 Å². The molecule has 0 saturated heterocycles. The van der Waals surface area contributed by atoms with E-state index in [9.17, 15) is 22.0 Å². The van der Waals surface area contributed by atoms with E-state index < -0.39 is 33.3 Å². The first-order valence-electron chi connectivity index (χ1n) is 8.20. The Morgan fingerprint density at radius 1 is 1.04 bits per heavy atom. The van der Waals surface area contributed by atoms with Crippen molar-refractivity contribution < 1.29 is 22.0 Å². The summed E-state index contributed by atoms with van der Waals surface area (Å²) in [6.45, 7) is 1.03. The molecule has 9 heteroatoms. The molecule has 146 valence electrons. The summed E-state index contributed by atoms with van der Waals surface area (Å²) >= 11 is 0. The van der Waals surface area contributed by atoms with Crippen molar-refractivity contribution in [2.24, 2.45) is 0 Å². The number of carbonyl (C=O) groups is 1. The molecule has 0 radical (unpaired) electrons. The van der Waals surface area contributed by atoms with Gasteiger partial charge in [-0.2, -0.15) is 0 Å². The zero-order chi connectivity index (χ0) is 20.0. The molecular formula is C18H21F2N3O3S. The second-order valence-corrected chi connectivity index (χ2v) is 7.90. The zero-order valence-corrected chi connectivity index (χ0v) is 15.8. The van der Waals surface area contributed by atoms with Crippen LogP contribution in [0.25, 0.3) is 0 Å². The van der Waals surface area contributed by atoms with Gasteiger partial charge < -0.3 is 10.2 Å². The minimum Gasteiger partial charge on any atom is -0.317 e. The molecule has 1 amide bonds. The Morgan fingerprint density at radius 2 is 1.63 bits per heavy atom. The van der Waals surface area contributed by atoms with Gasteiger partial charge in [-0.3, -0.25) is 4.79 Å². The molecule has 0 saturated carbocycles. The highest BCUT2D eigenvalue weighted by atomic mass is 32.2. The molecule has 0 aliphatic heterocycles. The van der Waals surface area contributed by atoms with Gasteiger partial charge in [0.25, 0.3) is 5.91 Å². The Labute approximate surface area is 157 Å². The minimum absolute atomic E-state index is 0.000903. The third-order valence-corrected chi connectivity index (χ3v) is 5.18. The molecular weight excluding hydrogens is 376 g/mol. The monoisotopic (exact) mass is 397 g/mol. The predicted octanol–water partition coefficient (Wildman–Crippen LogP) is 2.45. The minimum atomic E-state index is -3.69. The van der Waals surface area contributed by atoms with E-state index in [4.69, 9.17) is 0 Å². The molecule has 0 unspecified atom stereocenters. The average molecular weight is 397 g/mol. The van der Waals surface area contributed by atoms with Crippen LogP contribution in [0.1, 0.15) is 16.8 Å². The van der Waals surface area contributed by atoms with E-state index in [2.05, 4.69) is 10.0 Å². The molecule has 0 spiro atoms. The molecule has 0 aliphatic carbocycles. The number of nitrogens with zero attached hydrogens (tertiary/aromatic N) is 1. The van der Waals surface area contributed by atoms with Crippen LogP contribution in [0.5, 0.6) is 0 Å². The van der Waals surface area contributed by atoms with E-state index in [1.807, 2.05) is 19.0 Å². The van der Waals surface area contributed by atoms with Crippen LogP contribution in [0.15, 0.2) is 47.4 Å². The van der Waals surface area contributed by atoms with E-state index in [-0.39, 0.29) is 17.0 Å². The van der Waals surface area contributed by atoms with Crippen LogP contribution < -0.4 is 10.0 Å². The van der Waals surface area contributed by atoms with Crippen LogP contribution in [-0.4, -0.2) is 46.4 Å². The smallest absolute Gasteiger partial charge is 0.255 e. The molecule has 2 aromatic carbocycles. The number of hydrogen-bond donors (Lipinski definition) is 2. The molecule has 2 rings (SSSR count). The molecule has 2 N–H and O–H groups in total. The number of sulfonamides is 1. The number of nitrogens with one attached hydrogen (secondary N) is 2. The molecule has 0 bridgehead atoms. The molecule has 0 aliphatic rings. The lowest BCUT2D eigenvalue weighted by Gasteiger charge is -2.11. The van der Waals surface area contributed by atoms with Crippen LogP contribution >= 0.6 is 0 Å². The first-order chi connectivity index (χ1) is 12.7. The van der Waals surface area contributed by atoms with Crippen molar-refractivity contribution >= 4 is 21.6 Å². The Balaban J connectivity index is 2.04. The Bertz CT molecular complexity index is 880. The lowest BCUT2D eigenvalue weighted by Crippen LogP contribution is -2.27. The number of rotatable bonds is 8. The van der Waals surface area contributed by atoms with Crippen LogP contribution in [0.2, 0.25) is 0 Å². The van der Waals surface area contributed by atoms with E-state index in [0.29, 0.717) is 6.42 Å². The van der Waals surface area contributed by atoms with Crippen LogP contribution in [-0.2, 0) is 10.0 Å². The number of benzene rings is 2. The summed E-state index contributed by atoms with van der Waals surface area (Å²) in [5, 5.41) is 2.15. The number of halogens is 2. The normalized spacial score (nSPS) is 11.6. The number of carbonyl (C=O) groups excluding carboxylic acids is 1. The van der Waals surface area contributed by atoms with Gasteiger partial charge in [-0.05, 0) is 63.5 Å². The number of anilines is 1. The van der Waals surface area contributed by atoms with Gasteiger partial charge in [-0.15, -0.1) is 0 Å². The SMILES string of the molecule is CN(C)CCCNS(=O)(=O)c1ccc(C(=O)Nc2c(F)cccc2F)cc1. The fourth-order valence-electron chi connectivity index (χ4n) is 2.27. The highest BCUT2D eigenvalue weighted by molar-refractivity contribution is 7.89. The summed E-state index contributed by atoms with van der Waals surface area (Å²) < 4.78 is 54.1. The molecule has 0 aromatic heterocycles. The third-order valence-electron chi connectivity index (χ3n) is 3.70. The Kier molecular flexibility index (Phi) is 7.00. The molecule has 2 aromatic rings. The van der Waals surface area contributed by atoms with Crippen molar-refractivity contribution in [3.8, 4) is 0 Å². The van der Waals surface area contributed by atoms with Crippen molar-refractivity contribution in [1.82, 2.24) is 9.62 Å². The highest BCUT2D eigenvalue weighted by Gasteiger charge is 2.16. The van der Waals surface area contributed by atoms with Crippen molar-refractivity contribution in [1.29, 1.82) is 0 Å². The van der Waals surface area contributed by atoms with Gasteiger partial charge >= 0.3 is 0 Å². The van der Waals surface area contributed by atoms with Crippen LogP contribution in [0.4, 0.5) is 14.5 Å². The van der Waals surface area contributed by atoms with Crippen molar-refractivity contribution in [3.05, 3.63) is 59.7 Å². The van der Waals surface area contributed by atoms with E-state index >= 15 is 0 Å². The summed E-state index contributed by atoms with van der Waals surface area (Å²) in [5.74, 6) is -2.55. The fourth-order valence-corrected chi connectivity index (χ4v) is 3.35. The lowest BCUT2D eigenvalue weighted by molar-refractivity contribution is 0.102. The molecule has 6 nitrogen and oxygen atoms in total. The lowest BCUT2D eigenvalue weighted by atomic mass is 10.2. The fraction of sp³-hybridized carbons (Fsp3) is 0.278. The Morgan fingerprint density at radius 3 is 2.19 bits per heavy atom. The number of para-hydroxylation sites is 1. The second kappa shape index (κ2) is 9.03. The van der Waals surface area contributed by atoms with Crippen LogP contribution in [0.3, 0.4) is 0 Å². The number of amides is 1. The average Bonchev–Trinajstić information content (AvgIpc) is 2.62. The van der Waals surface area contributed by atoms with Gasteiger partial charge in [0.1, 0.15) is 17.3 Å². The first-order valence-corrected chi connectivity index (χ1v) is 9.69. The molecule has 0 heterocycles. The zero-order valence-electron chi connectivity index (χ0n) is 15.0. The standard InChI is InChI=1S/C18H21F2N3O3S/c1-23(2)12-4-11-21-27(25,26)14-9-7-13(8-10-14)18(24)22-17-15(19)5-3-6-16(17)20/h3,5-10,21H,4,11-12H2,1-2H3,(H,22,24). The van der Waals surface area contributed by atoms with Gasteiger partial charge in [-0.1, -0.05) is 6.07 Å². The summed E-state index contributed by atoms with van der Waals surface area (Å²) in [5.41, 5.74) is -0.481. The number of hydrogen-bond acceptors (Lipinski definition) is 4. The maximum absolute atomic E-state index is 13.6. The molecule has 0 fully saturated rings.